The van der Waals surface area contributed by atoms with Crippen molar-refractivity contribution in [1.82, 2.24) is 9.29 Å². The number of carbonyl (C=O) groups excluding carboxylic acids is 1. The maximum Gasteiger partial charge on any atom is 0.240 e. The lowest BCUT2D eigenvalue weighted by atomic mass is 10.3. The second kappa shape index (κ2) is 5.45. The van der Waals surface area contributed by atoms with Gasteiger partial charge in [-0.3, -0.25) is 4.79 Å². The first kappa shape index (κ1) is 13.0. The smallest absolute Gasteiger partial charge is 0.240 e. The highest BCUT2D eigenvalue weighted by Crippen LogP contribution is 2.13. The van der Waals surface area contributed by atoms with Gasteiger partial charge in [0, 0.05) is 12.7 Å². The molecule has 6 nitrogen and oxygen atoms in total. The number of nitrogens with one attached hydrogen (secondary N) is 1. The largest absolute Gasteiger partial charge is 0.310 e. The molecule has 0 aliphatic carbocycles. The van der Waals surface area contributed by atoms with E-state index in [-0.39, 0.29) is 18.2 Å². The molecule has 98 valence electrons. The molecule has 0 radical (unpaired) electrons. The average molecular weight is 269 g/mol. The Balaban J connectivity index is 1.95. The molecule has 0 aromatic carbocycles. The zero-order valence-electron chi connectivity index (χ0n) is 9.87. The maximum atomic E-state index is 11.7. The second-order valence-corrected chi connectivity index (χ2v) is 6.21. The molecule has 1 amide bonds. The second-order valence-electron chi connectivity index (χ2n) is 4.12. The van der Waals surface area contributed by atoms with Crippen molar-refractivity contribution in [3.63, 3.8) is 0 Å². The van der Waals surface area contributed by atoms with E-state index in [2.05, 4.69) is 10.3 Å². The monoisotopic (exact) mass is 269 g/mol. The highest BCUT2D eigenvalue weighted by atomic mass is 32.2. The van der Waals surface area contributed by atoms with Crippen LogP contribution >= 0.6 is 0 Å². The highest BCUT2D eigenvalue weighted by Gasteiger charge is 2.27. The summed E-state index contributed by atoms with van der Waals surface area (Å²) >= 11 is 0. The number of amides is 1. The summed E-state index contributed by atoms with van der Waals surface area (Å²) in [5.41, 5.74) is 0. The third kappa shape index (κ3) is 3.27. The SMILES string of the molecule is O=C(CN1CCCCS1(=O)=O)Nc1ccccn1. The van der Waals surface area contributed by atoms with Gasteiger partial charge in [-0.2, -0.15) is 4.31 Å². The summed E-state index contributed by atoms with van der Waals surface area (Å²) < 4.78 is 24.6. The molecule has 1 saturated heterocycles. The summed E-state index contributed by atoms with van der Waals surface area (Å²) in [4.78, 5) is 15.7. The number of aromatic nitrogens is 1. The molecule has 0 bridgehead atoms. The summed E-state index contributed by atoms with van der Waals surface area (Å²) in [5, 5.41) is 2.57. The molecule has 2 rings (SSSR count). The minimum Gasteiger partial charge on any atom is -0.310 e. The fourth-order valence-electron chi connectivity index (χ4n) is 1.80. The number of pyridine rings is 1. The minimum absolute atomic E-state index is 0.129. The quantitative estimate of drug-likeness (QED) is 0.864. The van der Waals surface area contributed by atoms with Crippen LogP contribution in [0.4, 0.5) is 5.82 Å². The fraction of sp³-hybridized carbons (Fsp3) is 0.455. The van der Waals surface area contributed by atoms with E-state index in [1.165, 1.54) is 4.31 Å². The molecule has 1 N–H and O–H groups in total. The van der Waals surface area contributed by atoms with Gasteiger partial charge in [-0.25, -0.2) is 13.4 Å². The molecular formula is C11H15N3O3S. The molecule has 1 fully saturated rings. The minimum atomic E-state index is -3.26. The Morgan fingerprint density at radius 1 is 1.39 bits per heavy atom. The van der Waals surface area contributed by atoms with Gasteiger partial charge >= 0.3 is 0 Å². The zero-order chi connectivity index (χ0) is 13.0. The molecule has 1 aromatic rings. The van der Waals surface area contributed by atoms with Crippen molar-refractivity contribution in [3.05, 3.63) is 24.4 Å². The lowest BCUT2D eigenvalue weighted by Gasteiger charge is -2.25. The van der Waals surface area contributed by atoms with Gasteiger partial charge in [-0.15, -0.1) is 0 Å². The maximum absolute atomic E-state index is 11.7. The number of nitrogens with zero attached hydrogens (tertiary/aromatic N) is 2. The van der Waals surface area contributed by atoms with E-state index in [9.17, 15) is 13.2 Å². The summed E-state index contributed by atoms with van der Waals surface area (Å²) in [6, 6.07) is 5.15. The Hall–Kier alpha value is -1.47. The van der Waals surface area contributed by atoms with Gasteiger partial charge in [-0.1, -0.05) is 6.07 Å². The van der Waals surface area contributed by atoms with Crippen LogP contribution in [0.15, 0.2) is 24.4 Å². The first-order valence-electron chi connectivity index (χ1n) is 5.77. The normalized spacial score (nSPS) is 19.3. The van der Waals surface area contributed by atoms with Crippen molar-refractivity contribution in [1.29, 1.82) is 0 Å². The molecule has 0 atom stereocenters. The van der Waals surface area contributed by atoms with Crippen molar-refractivity contribution in [2.75, 3.05) is 24.2 Å². The van der Waals surface area contributed by atoms with Crippen LogP contribution in [-0.2, 0) is 14.8 Å². The summed E-state index contributed by atoms with van der Waals surface area (Å²) in [6.07, 6.45) is 3.03. The average Bonchev–Trinajstić information content (AvgIpc) is 2.33. The number of carbonyl (C=O) groups is 1. The first-order chi connectivity index (χ1) is 8.58. The van der Waals surface area contributed by atoms with Crippen LogP contribution in [0.5, 0.6) is 0 Å². The van der Waals surface area contributed by atoms with E-state index in [1.807, 2.05) is 0 Å². The predicted octanol–water partition coefficient (Wildman–Crippen LogP) is 0.446. The first-order valence-corrected chi connectivity index (χ1v) is 7.37. The number of hydrogen-bond donors (Lipinski definition) is 1. The van der Waals surface area contributed by atoms with Crippen LogP contribution < -0.4 is 5.32 Å². The molecule has 1 aromatic heterocycles. The van der Waals surface area contributed by atoms with Crippen LogP contribution in [0.2, 0.25) is 0 Å². The third-order valence-corrected chi connectivity index (χ3v) is 4.61. The van der Waals surface area contributed by atoms with Crippen LogP contribution in [0.25, 0.3) is 0 Å². The molecule has 0 spiro atoms. The standard InChI is InChI=1S/C11H15N3O3S/c15-11(13-10-5-1-2-6-12-10)9-14-7-3-4-8-18(14,16)17/h1-2,5-6H,3-4,7-9H2,(H,12,13,15). The third-order valence-electron chi connectivity index (χ3n) is 2.71. The van der Waals surface area contributed by atoms with Crippen molar-refractivity contribution in [3.8, 4) is 0 Å². The van der Waals surface area contributed by atoms with Crippen molar-refractivity contribution in [2.24, 2.45) is 0 Å². The van der Waals surface area contributed by atoms with Gasteiger partial charge in [0.05, 0.1) is 12.3 Å². The van der Waals surface area contributed by atoms with Crippen molar-refractivity contribution >= 4 is 21.7 Å². The summed E-state index contributed by atoms with van der Waals surface area (Å²) in [6.45, 7) is 0.275. The number of rotatable bonds is 3. The molecule has 1 aliphatic heterocycles. The van der Waals surface area contributed by atoms with E-state index in [0.717, 1.165) is 6.42 Å². The molecule has 0 unspecified atom stereocenters. The van der Waals surface area contributed by atoms with Crippen LogP contribution in [0, 0.1) is 0 Å². The van der Waals surface area contributed by atoms with Gasteiger partial charge in [-0.05, 0) is 25.0 Å². The van der Waals surface area contributed by atoms with Gasteiger partial charge in [0.25, 0.3) is 0 Å². The van der Waals surface area contributed by atoms with Crippen LogP contribution in [0.3, 0.4) is 0 Å². The van der Waals surface area contributed by atoms with Gasteiger partial charge in [0.2, 0.25) is 15.9 Å². The van der Waals surface area contributed by atoms with Crippen LogP contribution in [0.1, 0.15) is 12.8 Å². The Bertz CT molecular complexity index is 516. The topological polar surface area (TPSA) is 79.4 Å². The predicted molar refractivity (Wildman–Crippen MR) is 67.5 cm³/mol. The van der Waals surface area contributed by atoms with Crippen molar-refractivity contribution in [2.45, 2.75) is 12.8 Å². The molecular weight excluding hydrogens is 254 g/mol. The van der Waals surface area contributed by atoms with E-state index in [0.29, 0.717) is 18.8 Å². The lowest BCUT2D eigenvalue weighted by Crippen LogP contribution is -2.42. The highest BCUT2D eigenvalue weighted by molar-refractivity contribution is 7.89. The fourth-order valence-corrected chi connectivity index (χ4v) is 3.35. The summed E-state index contributed by atoms with van der Waals surface area (Å²) in [7, 11) is -3.26. The Morgan fingerprint density at radius 2 is 2.22 bits per heavy atom. The number of sulfonamides is 1. The van der Waals surface area contributed by atoms with E-state index < -0.39 is 10.0 Å². The van der Waals surface area contributed by atoms with Gasteiger partial charge in [0.15, 0.2) is 0 Å². The molecule has 18 heavy (non-hydrogen) atoms. The Kier molecular flexibility index (Phi) is 3.93. The van der Waals surface area contributed by atoms with E-state index in [4.69, 9.17) is 0 Å². The molecule has 7 heteroatoms. The Labute approximate surface area is 106 Å². The van der Waals surface area contributed by atoms with Crippen molar-refractivity contribution < 1.29 is 13.2 Å². The zero-order valence-corrected chi connectivity index (χ0v) is 10.7. The van der Waals surface area contributed by atoms with E-state index in [1.54, 1.807) is 24.4 Å². The lowest BCUT2D eigenvalue weighted by molar-refractivity contribution is -0.116. The molecule has 2 heterocycles. The Morgan fingerprint density at radius 3 is 2.89 bits per heavy atom. The van der Waals surface area contributed by atoms with E-state index >= 15 is 0 Å². The van der Waals surface area contributed by atoms with Gasteiger partial charge in [0.1, 0.15) is 5.82 Å². The number of anilines is 1. The van der Waals surface area contributed by atoms with Gasteiger partial charge < -0.3 is 5.32 Å². The number of hydrogen-bond acceptors (Lipinski definition) is 4. The summed E-state index contributed by atoms with van der Waals surface area (Å²) in [5.74, 6) is 0.195. The van der Waals surface area contributed by atoms with Crippen LogP contribution in [-0.4, -0.2) is 42.5 Å². The molecule has 1 aliphatic rings. The molecule has 0 saturated carbocycles.